The van der Waals surface area contributed by atoms with Gasteiger partial charge in [0.05, 0.1) is 6.10 Å². The predicted molar refractivity (Wildman–Crippen MR) is 139 cm³/mol. The lowest BCUT2D eigenvalue weighted by Gasteiger charge is -2.42. The summed E-state index contributed by atoms with van der Waals surface area (Å²) >= 11 is 0. The monoisotopic (exact) mass is 534 g/mol. The number of likely N-dealkylation sites (tertiary alicyclic amines) is 1. The highest BCUT2D eigenvalue weighted by Crippen LogP contribution is 2.53. The summed E-state index contributed by atoms with van der Waals surface area (Å²) in [6, 6.07) is 1.71. The van der Waals surface area contributed by atoms with Gasteiger partial charge in [0.2, 0.25) is 11.8 Å². The van der Waals surface area contributed by atoms with E-state index in [4.69, 9.17) is 4.74 Å². The summed E-state index contributed by atoms with van der Waals surface area (Å²) in [6.07, 6.45) is 0.642. The number of amides is 2. The molecule has 0 aromatic heterocycles. The van der Waals surface area contributed by atoms with Gasteiger partial charge in [0.25, 0.3) is 0 Å². The summed E-state index contributed by atoms with van der Waals surface area (Å²) < 4.78 is 6.09. The van der Waals surface area contributed by atoms with Crippen molar-refractivity contribution in [3.05, 3.63) is 23.8 Å². The molecule has 1 aliphatic heterocycles. The molecule has 38 heavy (non-hydrogen) atoms. The lowest BCUT2D eigenvalue weighted by molar-refractivity contribution is -0.177. The molecule has 1 aliphatic carbocycles. The normalized spacial score (nSPS) is 27.0. The molecule has 0 radical (unpaired) electrons. The van der Waals surface area contributed by atoms with E-state index in [1.54, 1.807) is 0 Å². The molecule has 212 valence electrons. The summed E-state index contributed by atoms with van der Waals surface area (Å²) in [4.78, 5) is 40.8. The van der Waals surface area contributed by atoms with Crippen LogP contribution in [0, 0.1) is 11.3 Å². The molecule has 1 aromatic carbocycles. The highest BCUT2D eigenvalue weighted by atomic mass is 16.6. The Morgan fingerprint density at radius 3 is 2.39 bits per heavy atom. The van der Waals surface area contributed by atoms with E-state index in [9.17, 15) is 34.8 Å². The first-order valence-corrected chi connectivity index (χ1v) is 13.4. The number of rotatable bonds is 9. The molecule has 10 nitrogen and oxygen atoms in total. The number of phenols is 2. The number of benzene rings is 1. The molecule has 6 atom stereocenters. The maximum absolute atomic E-state index is 13.4. The minimum absolute atomic E-state index is 0.188. The van der Waals surface area contributed by atoms with Gasteiger partial charge in [0.1, 0.15) is 23.8 Å². The fourth-order valence-corrected chi connectivity index (χ4v) is 5.86. The van der Waals surface area contributed by atoms with Crippen LogP contribution in [0.4, 0.5) is 0 Å². The SMILES string of the molecule is CCC1CCC(C)(OC(=O)[C@@H]2CCCN2C(=O)[C@@H](NC(=O)[C@H](O)Cc2ccc(O)c(O)c2)[C@@H](C)O)C1(C)C. The number of hydrogen-bond donors (Lipinski definition) is 5. The first-order valence-electron chi connectivity index (χ1n) is 13.4. The zero-order valence-corrected chi connectivity index (χ0v) is 22.9. The molecule has 2 fully saturated rings. The predicted octanol–water partition coefficient (Wildman–Crippen LogP) is 2.01. The van der Waals surface area contributed by atoms with Crippen molar-refractivity contribution in [2.24, 2.45) is 11.3 Å². The summed E-state index contributed by atoms with van der Waals surface area (Å²) in [5, 5.41) is 42.2. The van der Waals surface area contributed by atoms with E-state index >= 15 is 0 Å². The fraction of sp³-hybridized carbons (Fsp3) is 0.679. The van der Waals surface area contributed by atoms with Crippen molar-refractivity contribution < 1.29 is 39.5 Å². The van der Waals surface area contributed by atoms with Gasteiger partial charge in [-0.05, 0) is 63.1 Å². The van der Waals surface area contributed by atoms with E-state index < -0.39 is 47.7 Å². The maximum Gasteiger partial charge on any atom is 0.329 e. The molecule has 2 amide bonds. The van der Waals surface area contributed by atoms with Crippen molar-refractivity contribution in [3.63, 3.8) is 0 Å². The number of aliphatic hydroxyl groups is 2. The Bertz CT molecular complexity index is 1040. The minimum Gasteiger partial charge on any atom is -0.504 e. The van der Waals surface area contributed by atoms with E-state index in [1.165, 1.54) is 30.0 Å². The summed E-state index contributed by atoms with van der Waals surface area (Å²) in [5.41, 5.74) is -0.489. The van der Waals surface area contributed by atoms with Crippen LogP contribution in [0.15, 0.2) is 18.2 Å². The number of nitrogens with zero attached hydrogens (tertiary/aromatic N) is 1. The second kappa shape index (κ2) is 11.5. The third-order valence-corrected chi connectivity index (χ3v) is 8.80. The van der Waals surface area contributed by atoms with Crippen LogP contribution in [0.5, 0.6) is 11.5 Å². The molecule has 1 heterocycles. The van der Waals surface area contributed by atoms with E-state index in [0.29, 0.717) is 24.3 Å². The van der Waals surface area contributed by atoms with Gasteiger partial charge in [-0.15, -0.1) is 0 Å². The Labute approximate surface area is 224 Å². The van der Waals surface area contributed by atoms with E-state index in [2.05, 4.69) is 26.1 Å². The zero-order chi connectivity index (χ0) is 28.4. The number of hydrogen-bond acceptors (Lipinski definition) is 8. The molecule has 10 heteroatoms. The van der Waals surface area contributed by atoms with Crippen LogP contribution >= 0.6 is 0 Å². The molecule has 0 spiro atoms. The second-order valence-corrected chi connectivity index (χ2v) is 11.5. The Balaban J connectivity index is 1.68. The Hall–Kier alpha value is -2.85. The lowest BCUT2D eigenvalue weighted by atomic mass is 9.72. The van der Waals surface area contributed by atoms with Crippen LogP contribution in [0.1, 0.15) is 72.3 Å². The van der Waals surface area contributed by atoms with E-state index in [-0.39, 0.29) is 29.9 Å². The van der Waals surface area contributed by atoms with Crippen LogP contribution in [0.3, 0.4) is 0 Å². The van der Waals surface area contributed by atoms with Crippen LogP contribution < -0.4 is 5.32 Å². The smallest absolute Gasteiger partial charge is 0.329 e. The number of esters is 1. The van der Waals surface area contributed by atoms with Crippen molar-refractivity contribution in [1.82, 2.24) is 10.2 Å². The van der Waals surface area contributed by atoms with Gasteiger partial charge in [-0.1, -0.05) is 33.3 Å². The van der Waals surface area contributed by atoms with E-state index in [1.807, 2.05) is 6.92 Å². The number of carbonyl (C=O) groups excluding carboxylic acids is 3. The van der Waals surface area contributed by atoms with Crippen molar-refractivity contribution >= 4 is 17.8 Å². The summed E-state index contributed by atoms with van der Waals surface area (Å²) in [6.45, 7) is 9.95. The fourth-order valence-electron chi connectivity index (χ4n) is 5.86. The molecular weight excluding hydrogens is 492 g/mol. The van der Waals surface area contributed by atoms with Crippen molar-refractivity contribution in [2.75, 3.05) is 6.54 Å². The van der Waals surface area contributed by atoms with Crippen LogP contribution in [0.25, 0.3) is 0 Å². The van der Waals surface area contributed by atoms with Crippen LogP contribution in [-0.4, -0.2) is 79.5 Å². The molecular formula is C28H42N2O8. The highest BCUT2D eigenvalue weighted by molar-refractivity contribution is 5.92. The average Bonchev–Trinajstić information content (AvgIpc) is 3.42. The number of carbonyl (C=O) groups is 3. The summed E-state index contributed by atoms with van der Waals surface area (Å²) in [5.74, 6) is -2.29. The Morgan fingerprint density at radius 2 is 1.82 bits per heavy atom. The largest absolute Gasteiger partial charge is 0.504 e. The number of aromatic hydroxyl groups is 2. The molecule has 1 aromatic rings. The third kappa shape index (κ3) is 5.91. The third-order valence-electron chi connectivity index (χ3n) is 8.80. The average molecular weight is 535 g/mol. The minimum atomic E-state index is -1.58. The Kier molecular flexibility index (Phi) is 8.98. The topological polar surface area (TPSA) is 157 Å². The Morgan fingerprint density at radius 1 is 1.13 bits per heavy atom. The van der Waals surface area contributed by atoms with Crippen LogP contribution in [0.2, 0.25) is 0 Å². The first-order chi connectivity index (χ1) is 17.7. The molecule has 3 rings (SSSR count). The quantitative estimate of drug-likeness (QED) is 0.238. The number of aliphatic hydroxyl groups excluding tert-OH is 2. The highest BCUT2D eigenvalue weighted by Gasteiger charge is 2.54. The summed E-state index contributed by atoms with van der Waals surface area (Å²) in [7, 11) is 0. The maximum atomic E-state index is 13.4. The molecule has 1 saturated carbocycles. The van der Waals surface area contributed by atoms with Crippen molar-refractivity contribution in [1.29, 1.82) is 0 Å². The molecule has 1 saturated heterocycles. The van der Waals surface area contributed by atoms with Crippen LogP contribution in [-0.2, 0) is 25.5 Å². The van der Waals surface area contributed by atoms with Crippen molar-refractivity contribution in [3.8, 4) is 11.5 Å². The molecule has 2 aliphatic rings. The second-order valence-electron chi connectivity index (χ2n) is 11.5. The van der Waals surface area contributed by atoms with Crippen molar-refractivity contribution in [2.45, 2.75) is 103 Å². The molecule has 5 N–H and O–H groups in total. The molecule has 2 unspecified atom stereocenters. The van der Waals surface area contributed by atoms with Gasteiger partial charge in [0, 0.05) is 18.4 Å². The van der Waals surface area contributed by atoms with Gasteiger partial charge in [-0.2, -0.15) is 0 Å². The standard InChI is InChI=1S/C28H42N2O8/c1-6-18-11-12-28(5,27(18,3)4)38-26(37)19-8-7-13-30(19)25(36)23(16(2)31)29-24(35)22(34)15-17-9-10-20(32)21(33)14-17/h9-10,14,16,18-19,22-23,31-34H,6-8,11-13,15H2,1-5H3,(H,29,35)/t16-,18?,19+,22-,23+,28?/m1/s1. The number of ether oxygens (including phenoxy) is 1. The van der Waals surface area contributed by atoms with Gasteiger partial charge < -0.3 is 35.4 Å². The van der Waals surface area contributed by atoms with Gasteiger partial charge in [-0.25, -0.2) is 4.79 Å². The van der Waals surface area contributed by atoms with Gasteiger partial charge in [-0.3, -0.25) is 9.59 Å². The number of nitrogens with one attached hydrogen (secondary N) is 1. The van der Waals surface area contributed by atoms with Gasteiger partial charge in [0.15, 0.2) is 11.5 Å². The van der Waals surface area contributed by atoms with Gasteiger partial charge >= 0.3 is 5.97 Å². The number of phenolic OH excluding ortho intramolecular Hbond substituents is 2. The van der Waals surface area contributed by atoms with E-state index in [0.717, 1.165) is 19.3 Å². The zero-order valence-electron chi connectivity index (χ0n) is 22.9. The lowest BCUT2D eigenvalue weighted by Crippen LogP contribution is -2.58. The molecule has 0 bridgehead atoms. The first kappa shape index (κ1) is 29.7.